The Morgan fingerprint density at radius 2 is 2.16 bits per heavy atom. The Kier molecular flexibility index (Phi) is 6.35. The van der Waals surface area contributed by atoms with Gasteiger partial charge in [-0.15, -0.1) is 0 Å². The molecule has 1 unspecified atom stereocenters. The molecule has 19 heavy (non-hydrogen) atoms. The van der Waals surface area contributed by atoms with Gasteiger partial charge in [-0.3, -0.25) is 4.79 Å². The molecule has 1 rings (SSSR count). The summed E-state index contributed by atoms with van der Waals surface area (Å²) >= 11 is 3.36. The van der Waals surface area contributed by atoms with E-state index in [4.69, 9.17) is 5.73 Å². The van der Waals surface area contributed by atoms with Crippen LogP contribution in [0.4, 0.5) is 4.79 Å². The highest BCUT2D eigenvalue weighted by Crippen LogP contribution is 2.20. The molecule has 1 atom stereocenters. The van der Waals surface area contributed by atoms with Crippen LogP contribution in [-0.4, -0.2) is 18.5 Å². The Balaban J connectivity index is 2.77. The molecule has 0 spiro atoms. The summed E-state index contributed by atoms with van der Waals surface area (Å²) in [5.74, 6) is -0.111. The molecule has 0 aliphatic heterocycles. The minimum absolute atomic E-state index is 0.111. The molecule has 0 bridgehead atoms. The summed E-state index contributed by atoms with van der Waals surface area (Å²) in [5, 5.41) is 5.37. The Bertz CT molecular complexity index is 451. The maximum Gasteiger partial charge on any atom is 0.312 e. The minimum Gasteiger partial charge on any atom is -0.356 e. The van der Waals surface area contributed by atoms with Crippen LogP contribution in [-0.2, 0) is 4.79 Å². The van der Waals surface area contributed by atoms with Gasteiger partial charge in [0.2, 0.25) is 5.91 Å². The lowest BCUT2D eigenvalue weighted by Crippen LogP contribution is -2.36. The average Bonchev–Trinajstić information content (AvgIpc) is 2.35. The molecule has 0 saturated carbocycles. The SMILES string of the molecule is CCCNC(=O)CC(NC(N)=O)c1cccc(Br)c1. The number of nitrogens with two attached hydrogens (primary N) is 1. The van der Waals surface area contributed by atoms with Crippen molar-refractivity contribution in [2.24, 2.45) is 5.73 Å². The molecule has 6 heteroatoms. The number of rotatable bonds is 6. The van der Waals surface area contributed by atoms with Crippen molar-refractivity contribution in [3.05, 3.63) is 34.3 Å². The molecule has 0 aromatic heterocycles. The van der Waals surface area contributed by atoms with Crippen LogP contribution in [0.25, 0.3) is 0 Å². The monoisotopic (exact) mass is 327 g/mol. The molecule has 0 fully saturated rings. The zero-order valence-corrected chi connectivity index (χ0v) is 12.4. The summed E-state index contributed by atoms with van der Waals surface area (Å²) in [5.41, 5.74) is 5.98. The summed E-state index contributed by atoms with van der Waals surface area (Å²) in [6.07, 6.45) is 1.04. The Labute approximate surface area is 121 Å². The maximum atomic E-state index is 11.7. The van der Waals surface area contributed by atoms with Crippen molar-refractivity contribution < 1.29 is 9.59 Å². The largest absolute Gasteiger partial charge is 0.356 e. The van der Waals surface area contributed by atoms with Crippen LogP contribution in [0, 0.1) is 0 Å². The molecule has 0 aliphatic rings. The second-order valence-electron chi connectivity index (χ2n) is 4.17. The average molecular weight is 328 g/mol. The van der Waals surface area contributed by atoms with Crippen LogP contribution in [0.15, 0.2) is 28.7 Å². The van der Waals surface area contributed by atoms with Gasteiger partial charge in [-0.05, 0) is 24.1 Å². The van der Waals surface area contributed by atoms with Gasteiger partial charge in [-0.2, -0.15) is 0 Å². The molecule has 0 radical (unpaired) electrons. The molecule has 3 amide bonds. The first kappa shape index (κ1) is 15.5. The molecule has 5 nitrogen and oxygen atoms in total. The fraction of sp³-hybridized carbons (Fsp3) is 0.385. The third-order valence-electron chi connectivity index (χ3n) is 2.53. The third kappa shape index (κ3) is 5.74. The molecule has 0 heterocycles. The van der Waals surface area contributed by atoms with E-state index in [2.05, 4.69) is 26.6 Å². The first-order valence-electron chi connectivity index (χ1n) is 6.11. The Hall–Kier alpha value is -1.56. The Morgan fingerprint density at radius 1 is 1.42 bits per heavy atom. The number of primary amides is 1. The van der Waals surface area contributed by atoms with Gasteiger partial charge in [-0.25, -0.2) is 4.79 Å². The number of nitrogens with one attached hydrogen (secondary N) is 2. The molecule has 4 N–H and O–H groups in total. The van der Waals surface area contributed by atoms with Crippen molar-refractivity contribution in [3.63, 3.8) is 0 Å². The zero-order valence-electron chi connectivity index (χ0n) is 10.8. The standard InChI is InChI=1S/C13H18BrN3O2/c1-2-6-16-12(18)8-11(17-13(15)19)9-4-3-5-10(14)7-9/h3-5,7,11H,2,6,8H2,1H3,(H,16,18)(H3,15,17,19). The fourth-order valence-corrected chi connectivity index (χ4v) is 2.09. The summed E-state index contributed by atoms with van der Waals surface area (Å²) in [7, 11) is 0. The molecular formula is C13H18BrN3O2. The first-order valence-corrected chi connectivity index (χ1v) is 6.90. The third-order valence-corrected chi connectivity index (χ3v) is 3.02. The van der Waals surface area contributed by atoms with Crippen molar-refractivity contribution in [2.45, 2.75) is 25.8 Å². The second kappa shape index (κ2) is 7.78. The highest BCUT2D eigenvalue weighted by atomic mass is 79.9. The van der Waals surface area contributed by atoms with Gasteiger partial charge in [0, 0.05) is 11.0 Å². The number of carbonyl (C=O) groups is 2. The van der Waals surface area contributed by atoms with Crippen molar-refractivity contribution in [1.82, 2.24) is 10.6 Å². The topological polar surface area (TPSA) is 84.2 Å². The Morgan fingerprint density at radius 3 is 2.74 bits per heavy atom. The lowest BCUT2D eigenvalue weighted by atomic mass is 10.0. The number of halogens is 1. The predicted molar refractivity (Wildman–Crippen MR) is 77.5 cm³/mol. The van der Waals surface area contributed by atoms with Crippen molar-refractivity contribution >= 4 is 27.9 Å². The smallest absolute Gasteiger partial charge is 0.312 e. The first-order chi connectivity index (χ1) is 9.02. The van der Waals surface area contributed by atoms with Gasteiger partial charge in [0.1, 0.15) is 0 Å². The predicted octanol–water partition coefficient (Wildman–Crippen LogP) is 2.07. The van der Waals surface area contributed by atoms with E-state index >= 15 is 0 Å². The highest BCUT2D eigenvalue weighted by molar-refractivity contribution is 9.10. The number of carbonyl (C=O) groups excluding carboxylic acids is 2. The second-order valence-corrected chi connectivity index (χ2v) is 5.09. The number of amides is 3. The summed E-state index contributed by atoms with van der Waals surface area (Å²) < 4.78 is 0.884. The van der Waals surface area contributed by atoms with E-state index in [1.165, 1.54) is 0 Å². The summed E-state index contributed by atoms with van der Waals surface area (Å²) in [6, 6.07) is 6.35. The number of hydrogen-bond donors (Lipinski definition) is 3. The normalized spacial score (nSPS) is 11.7. The van der Waals surface area contributed by atoms with Gasteiger partial charge in [0.25, 0.3) is 0 Å². The number of hydrogen-bond acceptors (Lipinski definition) is 2. The van der Waals surface area contributed by atoms with Crippen LogP contribution in [0.3, 0.4) is 0 Å². The quantitative estimate of drug-likeness (QED) is 0.747. The van der Waals surface area contributed by atoms with E-state index in [-0.39, 0.29) is 12.3 Å². The van der Waals surface area contributed by atoms with E-state index in [0.717, 1.165) is 16.5 Å². The highest BCUT2D eigenvalue weighted by Gasteiger charge is 2.17. The molecule has 1 aromatic rings. The lowest BCUT2D eigenvalue weighted by molar-refractivity contribution is -0.121. The van der Waals surface area contributed by atoms with E-state index in [1.54, 1.807) is 0 Å². The molecule has 0 aliphatic carbocycles. The van der Waals surface area contributed by atoms with E-state index in [9.17, 15) is 9.59 Å². The van der Waals surface area contributed by atoms with Crippen LogP contribution in [0.5, 0.6) is 0 Å². The van der Waals surface area contributed by atoms with Crippen LogP contribution < -0.4 is 16.4 Å². The van der Waals surface area contributed by atoms with Gasteiger partial charge in [0.05, 0.1) is 12.5 Å². The summed E-state index contributed by atoms with van der Waals surface area (Å²) in [4.78, 5) is 22.8. The lowest BCUT2D eigenvalue weighted by Gasteiger charge is -2.18. The maximum absolute atomic E-state index is 11.7. The van der Waals surface area contributed by atoms with Crippen LogP contribution in [0.2, 0.25) is 0 Å². The van der Waals surface area contributed by atoms with E-state index < -0.39 is 12.1 Å². The number of urea groups is 1. The van der Waals surface area contributed by atoms with Crippen LogP contribution >= 0.6 is 15.9 Å². The van der Waals surface area contributed by atoms with Gasteiger partial charge in [0.15, 0.2) is 0 Å². The van der Waals surface area contributed by atoms with E-state index in [1.807, 2.05) is 31.2 Å². The molecular weight excluding hydrogens is 310 g/mol. The van der Waals surface area contributed by atoms with E-state index in [0.29, 0.717) is 6.54 Å². The molecule has 0 saturated heterocycles. The molecule has 1 aromatic carbocycles. The summed E-state index contributed by atoms with van der Waals surface area (Å²) in [6.45, 7) is 2.61. The van der Waals surface area contributed by atoms with Gasteiger partial charge >= 0.3 is 6.03 Å². The van der Waals surface area contributed by atoms with Crippen LogP contribution in [0.1, 0.15) is 31.4 Å². The van der Waals surface area contributed by atoms with Crippen molar-refractivity contribution in [1.29, 1.82) is 0 Å². The van der Waals surface area contributed by atoms with Crippen molar-refractivity contribution in [2.75, 3.05) is 6.54 Å². The fourth-order valence-electron chi connectivity index (χ4n) is 1.67. The van der Waals surface area contributed by atoms with Gasteiger partial charge < -0.3 is 16.4 Å². The van der Waals surface area contributed by atoms with Crippen molar-refractivity contribution in [3.8, 4) is 0 Å². The molecule has 104 valence electrons. The van der Waals surface area contributed by atoms with Gasteiger partial charge in [-0.1, -0.05) is 35.0 Å². The minimum atomic E-state index is -0.645. The number of benzene rings is 1. The zero-order chi connectivity index (χ0) is 14.3.